The second kappa shape index (κ2) is 8.91. The third-order valence-corrected chi connectivity index (χ3v) is 5.00. The minimum Gasteiger partial charge on any atom is -0.494 e. The molecule has 1 heterocycles. The molecule has 0 fully saturated rings. The van der Waals surface area contributed by atoms with Gasteiger partial charge in [-0.25, -0.2) is 0 Å². The number of aliphatic hydroxyl groups excluding tert-OH is 1. The summed E-state index contributed by atoms with van der Waals surface area (Å²) in [6.07, 6.45) is 2.55. The second-order valence-corrected chi connectivity index (χ2v) is 6.99. The number of fused-ring (bicyclic) bond motifs is 1. The van der Waals surface area contributed by atoms with E-state index in [1.807, 2.05) is 36.2 Å². The first-order valence-corrected chi connectivity index (χ1v) is 9.61. The third kappa shape index (κ3) is 4.61. The number of ether oxygens (including phenoxy) is 1. The van der Waals surface area contributed by atoms with E-state index in [1.54, 1.807) is 0 Å². The van der Waals surface area contributed by atoms with E-state index in [4.69, 9.17) is 9.84 Å². The monoisotopic (exact) mass is 368 g/mol. The first-order valence-electron chi connectivity index (χ1n) is 9.61. The molecule has 5 nitrogen and oxygen atoms in total. The number of benzene rings is 2. The lowest BCUT2D eigenvalue weighted by Gasteiger charge is -2.27. The van der Waals surface area contributed by atoms with Crippen molar-refractivity contribution in [1.82, 2.24) is 0 Å². The molecule has 1 aliphatic heterocycles. The molecule has 2 aromatic rings. The highest BCUT2D eigenvalue weighted by atomic mass is 16.5. The quantitative estimate of drug-likeness (QED) is 0.697. The number of aliphatic hydroxyl groups is 1. The number of hydrogen-bond donors (Lipinski definition) is 2. The summed E-state index contributed by atoms with van der Waals surface area (Å²) in [5, 5.41) is 12.1. The largest absolute Gasteiger partial charge is 0.494 e. The highest BCUT2D eigenvalue weighted by Crippen LogP contribution is 2.39. The Morgan fingerprint density at radius 3 is 2.70 bits per heavy atom. The number of anilines is 2. The van der Waals surface area contributed by atoms with Crippen molar-refractivity contribution in [2.45, 2.75) is 32.1 Å². The summed E-state index contributed by atoms with van der Waals surface area (Å²) in [5.74, 6) is 0.861. The van der Waals surface area contributed by atoms with Crippen molar-refractivity contribution in [2.24, 2.45) is 0 Å². The molecule has 0 aromatic heterocycles. The molecule has 0 aliphatic carbocycles. The number of hydrogen-bond acceptors (Lipinski definition) is 4. The number of carbonyl (C=O) groups excluding carboxylic acids is 1. The van der Waals surface area contributed by atoms with E-state index in [-0.39, 0.29) is 18.4 Å². The van der Waals surface area contributed by atoms with Gasteiger partial charge in [0.15, 0.2) is 0 Å². The van der Waals surface area contributed by atoms with Crippen LogP contribution < -0.4 is 15.0 Å². The molecule has 2 aromatic carbocycles. The van der Waals surface area contributed by atoms with E-state index in [1.165, 1.54) is 0 Å². The highest BCUT2D eigenvalue weighted by molar-refractivity contribution is 5.95. The van der Waals surface area contributed by atoms with E-state index in [9.17, 15) is 4.79 Å². The van der Waals surface area contributed by atoms with Crippen LogP contribution in [0.25, 0.3) is 0 Å². The van der Waals surface area contributed by atoms with Crippen LogP contribution in [0.15, 0.2) is 42.5 Å². The fourth-order valence-electron chi connectivity index (χ4n) is 3.41. The fraction of sp³-hybridized carbons (Fsp3) is 0.409. The molecule has 2 N–H and O–H groups in total. The van der Waals surface area contributed by atoms with Crippen molar-refractivity contribution < 1.29 is 14.6 Å². The van der Waals surface area contributed by atoms with Crippen LogP contribution >= 0.6 is 0 Å². The molecular formula is C22H28N2O3. The maximum absolute atomic E-state index is 12.3. The molecule has 0 saturated carbocycles. The maximum atomic E-state index is 12.3. The first kappa shape index (κ1) is 19.2. The molecule has 1 amide bonds. The van der Waals surface area contributed by atoms with Crippen LogP contribution in [0.4, 0.5) is 11.4 Å². The van der Waals surface area contributed by atoms with Gasteiger partial charge in [-0.2, -0.15) is 0 Å². The fourth-order valence-corrected chi connectivity index (χ4v) is 3.41. The Morgan fingerprint density at radius 2 is 2.00 bits per heavy atom. The van der Waals surface area contributed by atoms with Gasteiger partial charge in [0.1, 0.15) is 5.75 Å². The Labute approximate surface area is 161 Å². The van der Waals surface area contributed by atoms with Gasteiger partial charge in [0.25, 0.3) is 0 Å². The number of unbranched alkanes of at least 4 members (excludes halogenated alkanes) is 1. The molecule has 0 radical (unpaired) electrons. The lowest BCUT2D eigenvalue weighted by molar-refractivity contribution is -0.116. The smallest absolute Gasteiger partial charge is 0.225 e. The van der Waals surface area contributed by atoms with Gasteiger partial charge in [-0.3, -0.25) is 4.79 Å². The maximum Gasteiger partial charge on any atom is 0.225 e. The zero-order valence-corrected chi connectivity index (χ0v) is 16.1. The van der Waals surface area contributed by atoms with Gasteiger partial charge < -0.3 is 20.1 Å². The molecule has 0 saturated heterocycles. The summed E-state index contributed by atoms with van der Waals surface area (Å²) in [6.45, 7) is 3.54. The van der Waals surface area contributed by atoms with Crippen LogP contribution in [-0.4, -0.2) is 37.8 Å². The zero-order valence-electron chi connectivity index (χ0n) is 16.1. The van der Waals surface area contributed by atoms with Gasteiger partial charge in [-0.05, 0) is 35.7 Å². The van der Waals surface area contributed by atoms with Gasteiger partial charge in [-0.15, -0.1) is 0 Å². The van der Waals surface area contributed by atoms with E-state index >= 15 is 0 Å². The van der Waals surface area contributed by atoms with E-state index in [0.717, 1.165) is 41.1 Å². The molecule has 27 heavy (non-hydrogen) atoms. The van der Waals surface area contributed by atoms with Crippen LogP contribution in [0.5, 0.6) is 5.75 Å². The van der Waals surface area contributed by atoms with Crippen molar-refractivity contribution in [3.63, 3.8) is 0 Å². The van der Waals surface area contributed by atoms with Crippen molar-refractivity contribution >= 4 is 17.3 Å². The number of amides is 1. The van der Waals surface area contributed by atoms with Crippen molar-refractivity contribution in [3.05, 3.63) is 53.6 Å². The molecule has 3 rings (SSSR count). The average molecular weight is 368 g/mol. The Bertz CT molecular complexity index is 774. The second-order valence-electron chi connectivity index (χ2n) is 6.99. The van der Waals surface area contributed by atoms with Crippen LogP contribution in [0.2, 0.25) is 0 Å². The third-order valence-electron chi connectivity index (χ3n) is 5.00. The zero-order chi connectivity index (χ0) is 19.2. The molecule has 144 valence electrons. The molecule has 0 bridgehead atoms. The average Bonchev–Trinajstić information content (AvgIpc) is 2.67. The summed E-state index contributed by atoms with van der Waals surface area (Å²) in [5.41, 5.74) is 4.13. The number of rotatable bonds is 8. The predicted octanol–water partition coefficient (Wildman–Crippen LogP) is 3.77. The minimum atomic E-state index is 0.0275. The van der Waals surface area contributed by atoms with Gasteiger partial charge >= 0.3 is 0 Å². The van der Waals surface area contributed by atoms with Crippen LogP contribution in [-0.2, 0) is 4.79 Å². The Balaban J connectivity index is 1.82. The van der Waals surface area contributed by atoms with E-state index in [0.29, 0.717) is 19.6 Å². The molecule has 1 atom stereocenters. The van der Waals surface area contributed by atoms with Crippen LogP contribution in [0, 0.1) is 0 Å². The standard InChI is InChI=1S/C22H28N2O3/c1-3-4-13-27-18-9-10-19-20(15-22(26)23-21(19)14-18)16-5-7-17(8-6-16)24(2)11-12-25/h5-10,14,20,25H,3-4,11-13,15H2,1-2H3,(H,23,26). The topological polar surface area (TPSA) is 61.8 Å². The summed E-state index contributed by atoms with van der Waals surface area (Å²) in [7, 11) is 1.95. The highest BCUT2D eigenvalue weighted by Gasteiger charge is 2.26. The molecule has 1 aliphatic rings. The SMILES string of the molecule is CCCCOc1ccc2c(c1)NC(=O)CC2c1ccc(N(C)CCO)cc1. The number of nitrogens with zero attached hydrogens (tertiary/aromatic N) is 1. The Morgan fingerprint density at radius 1 is 1.22 bits per heavy atom. The number of carbonyl (C=O) groups is 1. The predicted molar refractivity (Wildman–Crippen MR) is 109 cm³/mol. The van der Waals surface area contributed by atoms with E-state index in [2.05, 4.69) is 30.4 Å². The van der Waals surface area contributed by atoms with Crippen LogP contribution in [0.1, 0.15) is 43.2 Å². The summed E-state index contributed by atoms with van der Waals surface area (Å²) in [4.78, 5) is 14.3. The summed E-state index contributed by atoms with van der Waals surface area (Å²) < 4.78 is 5.78. The summed E-state index contributed by atoms with van der Waals surface area (Å²) >= 11 is 0. The van der Waals surface area contributed by atoms with Gasteiger partial charge in [0.2, 0.25) is 5.91 Å². The van der Waals surface area contributed by atoms with Gasteiger partial charge in [0.05, 0.1) is 13.2 Å². The lowest BCUT2D eigenvalue weighted by atomic mass is 9.84. The normalized spacial score (nSPS) is 15.8. The van der Waals surface area contributed by atoms with Gasteiger partial charge in [0, 0.05) is 43.4 Å². The minimum absolute atomic E-state index is 0.0275. The Hall–Kier alpha value is -2.53. The summed E-state index contributed by atoms with van der Waals surface area (Å²) in [6, 6.07) is 14.2. The first-order chi connectivity index (χ1) is 13.1. The Kier molecular flexibility index (Phi) is 6.35. The molecule has 5 heteroatoms. The van der Waals surface area contributed by atoms with Crippen molar-refractivity contribution in [3.8, 4) is 5.75 Å². The van der Waals surface area contributed by atoms with Gasteiger partial charge in [-0.1, -0.05) is 31.5 Å². The van der Waals surface area contributed by atoms with E-state index < -0.39 is 0 Å². The molecular weight excluding hydrogens is 340 g/mol. The van der Waals surface area contributed by atoms with Crippen LogP contribution in [0.3, 0.4) is 0 Å². The molecule has 0 spiro atoms. The number of likely N-dealkylation sites (N-methyl/N-ethyl adjacent to an activating group) is 1. The number of nitrogens with one attached hydrogen (secondary N) is 1. The van der Waals surface area contributed by atoms with Crippen molar-refractivity contribution in [2.75, 3.05) is 37.0 Å². The lowest BCUT2D eigenvalue weighted by Crippen LogP contribution is -2.24. The molecule has 1 unspecified atom stereocenters. The van der Waals surface area contributed by atoms with Crippen molar-refractivity contribution in [1.29, 1.82) is 0 Å².